The van der Waals surface area contributed by atoms with Crippen molar-refractivity contribution in [3.8, 4) is 11.4 Å². The van der Waals surface area contributed by atoms with E-state index in [1.54, 1.807) is 0 Å². The molecule has 6 rings (SSSR count). The van der Waals surface area contributed by atoms with Gasteiger partial charge in [-0.15, -0.1) is 0 Å². The minimum Gasteiger partial charge on any atom is -0.378 e. The molecular formula is C26H34N8O. The minimum absolute atomic E-state index is 0.0997. The normalized spacial score (nSPS) is 19.1. The molecule has 0 aliphatic carbocycles. The van der Waals surface area contributed by atoms with E-state index in [1.807, 2.05) is 6.20 Å². The van der Waals surface area contributed by atoms with Gasteiger partial charge in [0.2, 0.25) is 0 Å². The van der Waals surface area contributed by atoms with E-state index in [4.69, 9.17) is 19.7 Å². The van der Waals surface area contributed by atoms with Crippen molar-refractivity contribution in [2.75, 3.05) is 50.8 Å². The Morgan fingerprint density at radius 1 is 1.06 bits per heavy atom. The van der Waals surface area contributed by atoms with Crippen molar-refractivity contribution in [1.29, 1.82) is 0 Å². The van der Waals surface area contributed by atoms with E-state index in [2.05, 4.69) is 69.7 Å². The lowest BCUT2D eigenvalue weighted by Crippen LogP contribution is -2.56. The summed E-state index contributed by atoms with van der Waals surface area (Å²) < 4.78 is 7.91. The molecule has 4 aromatic rings. The topological polar surface area (TPSA) is 87.1 Å². The summed E-state index contributed by atoms with van der Waals surface area (Å²) in [5.41, 5.74) is 4.03. The summed E-state index contributed by atoms with van der Waals surface area (Å²) in [6.07, 6.45) is 1.97. The molecule has 2 N–H and O–H groups in total. The highest BCUT2D eigenvalue weighted by Crippen LogP contribution is 2.32. The van der Waals surface area contributed by atoms with Crippen molar-refractivity contribution >= 4 is 27.9 Å². The Labute approximate surface area is 205 Å². The van der Waals surface area contributed by atoms with Gasteiger partial charge < -0.3 is 24.5 Å². The fraction of sp³-hybridized carbons (Fsp3) is 0.500. The molecule has 2 saturated heterocycles. The number of benzene rings is 1. The molecule has 5 heterocycles. The number of fused-ring (bicyclic) bond motifs is 2. The Morgan fingerprint density at radius 2 is 1.91 bits per heavy atom. The van der Waals surface area contributed by atoms with Gasteiger partial charge in [0.25, 0.3) is 0 Å². The lowest BCUT2D eigenvalue weighted by molar-refractivity contribution is 0.122. The lowest BCUT2D eigenvalue weighted by Gasteiger charge is -2.38. The third-order valence-corrected chi connectivity index (χ3v) is 7.13. The van der Waals surface area contributed by atoms with Gasteiger partial charge in [-0.1, -0.05) is 12.1 Å². The maximum atomic E-state index is 5.64. The zero-order valence-corrected chi connectivity index (χ0v) is 20.8. The summed E-state index contributed by atoms with van der Waals surface area (Å²) in [5.74, 6) is 2.71. The SMILES string of the molecule is CCn1c(CN2CCNC(C)(C)C2)nc2c(N3CCOCC3)nc(-c3cccc4[nH]ccc34)nc21. The van der Waals surface area contributed by atoms with Crippen LogP contribution in [0.2, 0.25) is 0 Å². The molecule has 0 unspecified atom stereocenters. The first-order chi connectivity index (χ1) is 17.0. The summed E-state index contributed by atoms with van der Waals surface area (Å²) in [6.45, 7) is 14.3. The van der Waals surface area contributed by atoms with Crippen LogP contribution in [0.25, 0.3) is 33.5 Å². The van der Waals surface area contributed by atoms with Crippen LogP contribution in [0.15, 0.2) is 30.5 Å². The van der Waals surface area contributed by atoms with Crippen LogP contribution in [0.1, 0.15) is 26.6 Å². The van der Waals surface area contributed by atoms with Gasteiger partial charge in [-0.05, 0) is 32.9 Å². The summed E-state index contributed by atoms with van der Waals surface area (Å²) in [4.78, 5) is 23.5. The van der Waals surface area contributed by atoms with Crippen molar-refractivity contribution in [1.82, 2.24) is 34.7 Å². The van der Waals surface area contributed by atoms with Gasteiger partial charge in [-0.25, -0.2) is 15.0 Å². The van der Waals surface area contributed by atoms with E-state index in [-0.39, 0.29) is 5.54 Å². The average Bonchev–Trinajstić information content (AvgIpc) is 3.47. The maximum absolute atomic E-state index is 5.64. The monoisotopic (exact) mass is 474 g/mol. The Bertz CT molecular complexity index is 1350. The average molecular weight is 475 g/mol. The van der Waals surface area contributed by atoms with Crippen molar-refractivity contribution in [2.24, 2.45) is 0 Å². The number of nitrogens with zero attached hydrogens (tertiary/aromatic N) is 6. The number of nitrogens with one attached hydrogen (secondary N) is 2. The van der Waals surface area contributed by atoms with Crippen LogP contribution in [0, 0.1) is 0 Å². The minimum atomic E-state index is 0.0997. The number of H-pyrrole nitrogens is 1. The highest BCUT2D eigenvalue weighted by atomic mass is 16.5. The molecule has 9 heteroatoms. The number of aromatic nitrogens is 5. The van der Waals surface area contributed by atoms with Crippen LogP contribution < -0.4 is 10.2 Å². The highest BCUT2D eigenvalue weighted by Gasteiger charge is 2.28. The molecule has 0 amide bonds. The number of aryl methyl sites for hydroxylation is 1. The molecule has 0 atom stereocenters. The van der Waals surface area contributed by atoms with Crippen molar-refractivity contribution < 1.29 is 4.74 Å². The zero-order chi connectivity index (χ0) is 24.0. The van der Waals surface area contributed by atoms with Crippen LogP contribution in [-0.4, -0.2) is 80.9 Å². The van der Waals surface area contributed by atoms with Gasteiger partial charge >= 0.3 is 0 Å². The number of aromatic amines is 1. The zero-order valence-electron chi connectivity index (χ0n) is 20.8. The highest BCUT2D eigenvalue weighted by molar-refractivity contribution is 5.95. The molecule has 2 aliphatic rings. The quantitative estimate of drug-likeness (QED) is 0.460. The van der Waals surface area contributed by atoms with Gasteiger partial charge in [0.05, 0.1) is 19.8 Å². The largest absolute Gasteiger partial charge is 0.378 e. The van der Waals surface area contributed by atoms with E-state index in [0.717, 1.165) is 90.9 Å². The van der Waals surface area contributed by atoms with Gasteiger partial charge in [0.15, 0.2) is 22.8 Å². The first kappa shape index (κ1) is 22.5. The molecule has 1 aromatic carbocycles. The second-order valence-electron chi connectivity index (χ2n) is 10.2. The van der Waals surface area contributed by atoms with Gasteiger partial charge in [-0.3, -0.25) is 4.90 Å². The van der Waals surface area contributed by atoms with Crippen molar-refractivity contribution in [2.45, 2.75) is 39.4 Å². The summed E-state index contributed by atoms with van der Waals surface area (Å²) >= 11 is 0. The number of hydrogen-bond acceptors (Lipinski definition) is 7. The lowest BCUT2D eigenvalue weighted by atomic mass is 10.0. The van der Waals surface area contributed by atoms with Gasteiger partial charge in [0, 0.05) is 67.5 Å². The molecule has 0 bridgehead atoms. The summed E-state index contributed by atoms with van der Waals surface area (Å²) in [6, 6.07) is 8.35. The molecule has 2 fully saturated rings. The van der Waals surface area contributed by atoms with Gasteiger partial charge in [-0.2, -0.15) is 0 Å². The molecule has 3 aromatic heterocycles. The van der Waals surface area contributed by atoms with Crippen LogP contribution >= 0.6 is 0 Å². The van der Waals surface area contributed by atoms with Crippen LogP contribution in [0.4, 0.5) is 5.82 Å². The summed E-state index contributed by atoms with van der Waals surface area (Å²) in [7, 11) is 0. The fourth-order valence-corrected chi connectivity index (χ4v) is 5.46. The Kier molecular flexibility index (Phi) is 5.70. The molecular weight excluding hydrogens is 440 g/mol. The number of anilines is 1. The Morgan fingerprint density at radius 3 is 2.71 bits per heavy atom. The second kappa shape index (κ2) is 8.89. The molecule has 0 spiro atoms. The van der Waals surface area contributed by atoms with E-state index < -0.39 is 0 Å². The smallest absolute Gasteiger partial charge is 0.166 e. The molecule has 35 heavy (non-hydrogen) atoms. The Hall–Kier alpha value is -3.01. The first-order valence-electron chi connectivity index (χ1n) is 12.7. The number of ether oxygens (including phenoxy) is 1. The van der Waals surface area contributed by atoms with Crippen LogP contribution in [0.3, 0.4) is 0 Å². The second-order valence-corrected chi connectivity index (χ2v) is 10.2. The van der Waals surface area contributed by atoms with E-state index in [1.165, 1.54) is 0 Å². The molecule has 2 aliphatic heterocycles. The fourth-order valence-electron chi connectivity index (χ4n) is 5.46. The number of imidazole rings is 1. The number of rotatable bonds is 5. The van der Waals surface area contributed by atoms with Crippen LogP contribution in [-0.2, 0) is 17.8 Å². The van der Waals surface area contributed by atoms with Gasteiger partial charge in [0.1, 0.15) is 5.82 Å². The van der Waals surface area contributed by atoms with Crippen LogP contribution in [0.5, 0.6) is 0 Å². The molecule has 184 valence electrons. The maximum Gasteiger partial charge on any atom is 0.166 e. The third kappa shape index (κ3) is 4.17. The first-order valence-corrected chi connectivity index (χ1v) is 12.7. The molecule has 9 nitrogen and oxygen atoms in total. The number of hydrogen-bond donors (Lipinski definition) is 2. The van der Waals surface area contributed by atoms with E-state index in [0.29, 0.717) is 13.2 Å². The summed E-state index contributed by atoms with van der Waals surface area (Å²) in [5, 5.41) is 4.74. The standard InChI is InChI=1S/C26H34N8O/c1-4-34-21(16-32-11-10-28-26(2,3)17-32)29-22-24(33-12-14-35-15-13-33)30-23(31-25(22)34)19-6-5-7-20-18(19)8-9-27-20/h5-9,27-28H,4,10-17H2,1-3H3. The number of morpholine rings is 1. The van der Waals surface area contributed by atoms with E-state index >= 15 is 0 Å². The third-order valence-electron chi connectivity index (χ3n) is 7.13. The number of piperazine rings is 1. The predicted molar refractivity (Wildman–Crippen MR) is 139 cm³/mol. The van der Waals surface area contributed by atoms with Crippen molar-refractivity contribution in [3.05, 3.63) is 36.3 Å². The predicted octanol–water partition coefficient (Wildman–Crippen LogP) is 3.01. The van der Waals surface area contributed by atoms with E-state index in [9.17, 15) is 0 Å². The van der Waals surface area contributed by atoms with Crippen molar-refractivity contribution in [3.63, 3.8) is 0 Å². The Balaban J connectivity index is 1.49. The molecule has 0 radical (unpaired) electrons. The molecule has 0 saturated carbocycles.